The van der Waals surface area contributed by atoms with Gasteiger partial charge < -0.3 is 15.8 Å². The molecule has 5 heteroatoms. The lowest BCUT2D eigenvalue weighted by atomic mass is 9.74. The van der Waals surface area contributed by atoms with Gasteiger partial charge in [0.05, 0.1) is 18.1 Å². The van der Waals surface area contributed by atoms with Crippen LogP contribution in [0.4, 0.5) is 0 Å². The van der Waals surface area contributed by atoms with Crippen LogP contribution in [0.25, 0.3) is 0 Å². The zero-order valence-corrected chi connectivity index (χ0v) is 12.8. The molecule has 4 unspecified atom stereocenters. The third-order valence-electron chi connectivity index (χ3n) is 4.46. The molecule has 19 heavy (non-hydrogen) atoms. The molecule has 1 aliphatic carbocycles. The number of nitrogens with one attached hydrogen (secondary N) is 1. The van der Waals surface area contributed by atoms with Crippen LogP contribution in [-0.2, 0) is 9.53 Å². The van der Waals surface area contributed by atoms with Crippen molar-refractivity contribution < 1.29 is 9.53 Å². The molecule has 2 aliphatic rings. The highest BCUT2D eigenvalue weighted by molar-refractivity contribution is 5.85. The average Bonchev–Trinajstić information content (AvgIpc) is 2.81. The van der Waals surface area contributed by atoms with Crippen LogP contribution < -0.4 is 11.1 Å². The van der Waals surface area contributed by atoms with Crippen LogP contribution in [-0.4, -0.2) is 30.2 Å². The second-order valence-corrected chi connectivity index (χ2v) is 6.15. The highest BCUT2D eigenvalue weighted by atomic mass is 35.5. The summed E-state index contributed by atoms with van der Waals surface area (Å²) in [5.74, 6) is 0.0674. The minimum Gasteiger partial charge on any atom is -0.376 e. The lowest BCUT2D eigenvalue weighted by Gasteiger charge is -2.38. The zero-order valence-electron chi connectivity index (χ0n) is 12.0. The molecule has 0 aromatic heterocycles. The molecule has 0 spiro atoms. The van der Waals surface area contributed by atoms with Crippen molar-refractivity contribution in [2.75, 3.05) is 6.61 Å². The van der Waals surface area contributed by atoms with Gasteiger partial charge in [0.25, 0.3) is 0 Å². The van der Waals surface area contributed by atoms with Crippen molar-refractivity contribution >= 4 is 18.3 Å². The van der Waals surface area contributed by atoms with Gasteiger partial charge in [-0.25, -0.2) is 0 Å². The first-order chi connectivity index (χ1) is 8.50. The van der Waals surface area contributed by atoms with Gasteiger partial charge in [-0.3, -0.25) is 4.79 Å². The Bertz CT molecular complexity index is 304. The number of rotatable bonds is 3. The predicted octanol–water partition coefficient (Wildman–Crippen LogP) is 2.00. The number of amides is 1. The second-order valence-electron chi connectivity index (χ2n) is 6.15. The molecule has 1 saturated carbocycles. The predicted molar refractivity (Wildman–Crippen MR) is 78.4 cm³/mol. The Kier molecular flexibility index (Phi) is 6.09. The molecule has 2 fully saturated rings. The summed E-state index contributed by atoms with van der Waals surface area (Å²) in [6.07, 6.45) is 6.43. The fourth-order valence-electron chi connectivity index (χ4n) is 3.20. The van der Waals surface area contributed by atoms with Gasteiger partial charge in [0, 0.05) is 12.1 Å². The summed E-state index contributed by atoms with van der Waals surface area (Å²) in [6.45, 7) is 4.86. The second kappa shape index (κ2) is 6.91. The number of carbonyl (C=O) groups is 1. The van der Waals surface area contributed by atoms with E-state index >= 15 is 0 Å². The topological polar surface area (TPSA) is 64.4 Å². The first kappa shape index (κ1) is 16.7. The molecule has 4 atom stereocenters. The lowest BCUT2D eigenvalue weighted by molar-refractivity contribution is -0.129. The van der Waals surface area contributed by atoms with E-state index in [9.17, 15) is 4.79 Å². The van der Waals surface area contributed by atoms with Gasteiger partial charge in [0.1, 0.15) is 0 Å². The monoisotopic (exact) mass is 290 g/mol. The first-order valence-corrected chi connectivity index (χ1v) is 7.21. The number of nitrogens with two attached hydrogens (primary N) is 1. The Hall–Kier alpha value is -0.320. The van der Waals surface area contributed by atoms with E-state index in [0.717, 1.165) is 45.1 Å². The minimum absolute atomic E-state index is 0. The van der Waals surface area contributed by atoms with Crippen LogP contribution >= 0.6 is 12.4 Å². The van der Waals surface area contributed by atoms with Gasteiger partial charge in [-0.1, -0.05) is 12.8 Å². The first-order valence-electron chi connectivity index (χ1n) is 7.21. The summed E-state index contributed by atoms with van der Waals surface area (Å²) in [6, 6.07) is 0.0951. The third-order valence-corrected chi connectivity index (χ3v) is 4.46. The normalized spacial score (nSPS) is 36.4. The van der Waals surface area contributed by atoms with E-state index in [1.165, 1.54) is 0 Å². The standard InChI is InChI=1S/C14H26N2O2.ClH/c1-10(12-7-5-9-18-12)16-13(17)11-6-3-4-8-14(11,2)15;/h10-12H,3-9,15H2,1-2H3,(H,16,17);1H. The van der Waals surface area contributed by atoms with Crippen molar-refractivity contribution in [3.05, 3.63) is 0 Å². The van der Waals surface area contributed by atoms with Crippen LogP contribution in [0.1, 0.15) is 52.4 Å². The SMILES string of the molecule is CC(NC(=O)C1CCCCC1(C)N)C1CCCO1.Cl. The molecule has 112 valence electrons. The summed E-state index contributed by atoms with van der Waals surface area (Å²) < 4.78 is 5.61. The van der Waals surface area contributed by atoms with Gasteiger partial charge >= 0.3 is 0 Å². The maximum Gasteiger partial charge on any atom is 0.225 e. The highest BCUT2D eigenvalue weighted by Gasteiger charge is 2.38. The van der Waals surface area contributed by atoms with Crippen LogP contribution in [0, 0.1) is 5.92 Å². The molecule has 2 rings (SSSR count). The van der Waals surface area contributed by atoms with Gasteiger partial charge in [-0.2, -0.15) is 0 Å². The molecule has 4 nitrogen and oxygen atoms in total. The summed E-state index contributed by atoms with van der Waals surface area (Å²) in [7, 11) is 0. The van der Waals surface area contributed by atoms with Crippen LogP contribution in [0.15, 0.2) is 0 Å². The maximum atomic E-state index is 12.3. The van der Waals surface area contributed by atoms with E-state index < -0.39 is 0 Å². The average molecular weight is 291 g/mol. The fourth-order valence-corrected chi connectivity index (χ4v) is 3.20. The summed E-state index contributed by atoms with van der Waals surface area (Å²) in [5, 5.41) is 3.10. The fraction of sp³-hybridized carbons (Fsp3) is 0.929. The number of halogens is 1. The summed E-state index contributed by atoms with van der Waals surface area (Å²) in [4.78, 5) is 12.3. The molecule has 1 heterocycles. The van der Waals surface area contributed by atoms with Crippen molar-refractivity contribution in [2.45, 2.75) is 70.1 Å². The number of hydrogen-bond acceptors (Lipinski definition) is 3. The van der Waals surface area contributed by atoms with Crippen molar-refractivity contribution in [1.82, 2.24) is 5.32 Å². The van der Waals surface area contributed by atoms with E-state index in [2.05, 4.69) is 5.32 Å². The maximum absolute atomic E-state index is 12.3. The Morgan fingerprint density at radius 3 is 2.68 bits per heavy atom. The zero-order chi connectivity index (χ0) is 13.2. The molecule has 0 bridgehead atoms. The van der Waals surface area contributed by atoms with E-state index in [4.69, 9.17) is 10.5 Å². The van der Waals surface area contributed by atoms with E-state index in [-0.39, 0.29) is 41.9 Å². The lowest BCUT2D eigenvalue weighted by Crippen LogP contribution is -2.55. The smallest absolute Gasteiger partial charge is 0.225 e. The molecule has 1 amide bonds. The van der Waals surface area contributed by atoms with Crippen molar-refractivity contribution in [2.24, 2.45) is 11.7 Å². The Balaban J connectivity index is 0.00000180. The number of hydrogen-bond donors (Lipinski definition) is 2. The van der Waals surface area contributed by atoms with Crippen LogP contribution in [0.5, 0.6) is 0 Å². The van der Waals surface area contributed by atoms with Crippen LogP contribution in [0.2, 0.25) is 0 Å². The van der Waals surface area contributed by atoms with E-state index in [0.29, 0.717) is 0 Å². The van der Waals surface area contributed by atoms with Gasteiger partial charge in [0.15, 0.2) is 0 Å². The largest absolute Gasteiger partial charge is 0.376 e. The highest BCUT2D eigenvalue weighted by Crippen LogP contribution is 2.31. The third kappa shape index (κ3) is 4.07. The molecular weight excluding hydrogens is 264 g/mol. The van der Waals surface area contributed by atoms with Crippen molar-refractivity contribution in [1.29, 1.82) is 0 Å². The Labute approximate surface area is 122 Å². The molecule has 1 saturated heterocycles. The van der Waals surface area contributed by atoms with E-state index in [1.54, 1.807) is 0 Å². The van der Waals surface area contributed by atoms with Gasteiger partial charge in [0.2, 0.25) is 5.91 Å². The van der Waals surface area contributed by atoms with Crippen molar-refractivity contribution in [3.8, 4) is 0 Å². The van der Waals surface area contributed by atoms with Crippen molar-refractivity contribution in [3.63, 3.8) is 0 Å². The van der Waals surface area contributed by atoms with Crippen LogP contribution in [0.3, 0.4) is 0 Å². The number of ether oxygens (including phenoxy) is 1. The quantitative estimate of drug-likeness (QED) is 0.835. The molecule has 0 aromatic carbocycles. The number of carbonyl (C=O) groups excluding carboxylic acids is 1. The minimum atomic E-state index is -0.349. The summed E-state index contributed by atoms with van der Waals surface area (Å²) >= 11 is 0. The summed E-state index contributed by atoms with van der Waals surface area (Å²) in [5.41, 5.74) is 5.91. The molecule has 0 aromatic rings. The van der Waals surface area contributed by atoms with Gasteiger partial charge in [-0.05, 0) is 39.5 Å². The van der Waals surface area contributed by atoms with E-state index in [1.807, 2.05) is 13.8 Å². The van der Waals surface area contributed by atoms with Gasteiger partial charge in [-0.15, -0.1) is 12.4 Å². The Morgan fingerprint density at radius 1 is 1.37 bits per heavy atom. The molecule has 0 radical (unpaired) electrons. The Morgan fingerprint density at radius 2 is 2.11 bits per heavy atom. The molecule has 3 N–H and O–H groups in total. The molecular formula is C14H27ClN2O2. The molecule has 1 aliphatic heterocycles.